The highest BCUT2D eigenvalue weighted by molar-refractivity contribution is 6.09. The van der Waals surface area contributed by atoms with Crippen molar-refractivity contribution in [2.24, 2.45) is 0 Å². The lowest BCUT2D eigenvalue weighted by atomic mass is 10.0. The van der Waals surface area contributed by atoms with Crippen LogP contribution in [-0.2, 0) is 12.7 Å². The summed E-state index contributed by atoms with van der Waals surface area (Å²) in [6.45, 7) is 0.416. The summed E-state index contributed by atoms with van der Waals surface area (Å²) in [5.74, 6) is -0.0495. The zero-order valence-electron chi connectivity index (χ0n) is 16.3. The minimum Gasteiger partial charge on any atom is -0.381 e. The third-order valence-electron chi connectivity index (χ3n) is 4.87. The first-order valence-corrected chi connectivity index (χ1v) is 9.56. The van der Waals surface area contributed by atoms with E-state index in [-0.39, 0.29) is 5.78 Å². The largest absolute Gasteiger partial charge is 0.416 e. The van der Waals surface area contributed by atoms with Crippen LogP contribution in [0.25, 0.3) is 11.3 Å². The quantitative estimate of drug-likeness (QED) is 0.379. The molecule has 1 aromatic heterocycles. The second kappa shape index (κ2) is 8.47. The summed E-state index contributed by atoms with van der Waals surface area (Å²) in [5.41, 5.74) is 3.31. The van der Waals surface area contributed by atoms with Crippen LogP contribution in [0.3, 0.4) is 0 Å². The number of anilines is 1. The van der Waals surface area contributed by atoms with E-state index in [4.69, 9.17) is 0 Å². The molecule has 0 aliphatic carbocycles. The highest BCUT2D eigenvalue weighted by Crippen LogP contribution is 2.31. The minimum absolute atomic E-state index is 0.0495. The van der Waals surface area contributed by atoms with Crippen molar-refractivity contribution in [3.05, 3.63) is 107 Å². The topological polar surface area (TPSA) is 57.8 Å². The monoisotopic (exact) mass is 421 g/mol. The molecule has 4 aromatic rings. The average molecular weight is 421 g/mol. The summed E-state index contributed by atoms with van der Waals surface area (Å²) < 4.78 is 38.3. The van der Waals surface area contributed by atoms with Crippen molar-refractivity contribution in [1.82, 2.24) is 10.2 Å². The fourth-order valence-electron chi connectivity index (χ4n) is 3.21. The van der Waals surface area contributed by atoms with Crippen LogP contribution in [0.1, 0.15) is 27.0 Å². The van der Waals surface area contributed by atoms with Gasteiger partial charge >= 0.3 is 6.18 Å². The SMILES string of the molecule is O=C(c1ccccc1)c1ccc(NCc2c[nH]nc2-c2ccc(C(F)(F)F)cc2)cc1. The molecule has 0 fully saturated rings. The number of carbonyl (C=O) groups is 1. The Balaban J connectivity index is 1.44. The molecule has 0 unspecified atom stereocenters. The van der Waals surface area contributed by atoms with Crippen molar-refractivity contribution in [1.29, 1.82) is 0 Å². The van der Waals surface area contributed by atoms with E-state index in [1.165, 1.54) is 12.1 Å². The zero-order valence-corrected chi connectivity index (χ0v) is 16.3. The molecular formula is C24H18F3N3O. The number of rotatable bonds is 6. The van der Waals surface area contributed by atoms with Crippen LogP contribution in [0.4, 0.5) is 18.9 Å². The molecule has 0 spiro atoms. The Labute approximate surface area is 176 Å². The van der Waals surface area contributed by atoms with E-state index in [0.717, 1.165) is 23.4 Å². The number of aromatic nitrogens is 2. The number of H-pyrrole nitrogens is 1. The molecular weight excluding hydrogens is 403 g/mol. The molecule has 0 bridgehead atoms. The molecule has 1 heterocycles. The summed E-state index contributed by atoms with van der Waals surface area (Å²) in [6.07, 6.45) is -2.67. The van der Waals surface area contributed by atoms with E-state index >= 15 is 0 Å². The van der Waals surface area contributed by atoms with E-state index in [9.17, 15) is 18.0 Å². The third-order valence-corrected chi connectivity index (χ3v) is 4.87. The normalized spacial score (nSPS) is 11.3. The zero-order chi connectivity index (χ0) is 21.8. The predicted molar refractivity (Wildman–Crippen MR) is 113 cm³/mol. The Morgan fingerprint density at radius 1 is 0.871 bits per heavy atom. The van der Waals surface area contributed by atoms with E-state index in [1.54, 1.807) is 30.5 Å². The molecule has 156 valence electrons. The van der Waals surface area contributed by atoms with Gasteiger partial charge in [-0.15, -0.1) is 0 Å². The molecule has 7 heteroatoms. The van der Waals surface area contributed by atoms with E-state index in [2.05, 4.69) is 15.5 Å². The Morgan fingerprint density at radius 3 is 2.16 bits per heavy atom. The Hall–Kier alpha value is -3.87. The van der Waals surface area contributed by atoms with Gasteiger partial charge in [-0.1, -0.05) is 42.5 Å². The lowest BCUT2D eigenvalue weighted by Crippen LogP contribution is -2.04. The maximum atomic E-state index is 12.8. The fraction of sp³-hybridized carbons (Fsp3) is 0.0833. The van der Waals surface area contributed by atoms with Gasteiger partial charge in [-0.2, -0.15) is 18.3 Å². The van der Waals surface area contributed by atoms with Gasteiger partial charge in [0.2, 0.25) is 0 Å². The standard InChI is InChI=1S/C24H18F3N3O/c25-24(26,27)20-10-6-16(7-11-20)22-19(15-29-30-22)14-28-21-12-8-18(9-13-21)23(31)17-4-2-1-3-5-17/h1-13,15,28H,14H2,(H,29,30). The molecule has 3 aromatic carbocycles. The molecule has 2 N–H and O–H groups in total. The summed E-state index contributed by atoms with van der Waals surface area (Å²) in [7, 11) is 0. The number of halogens is 3. The number of nitrogens with zero attached hydrogens (tertiary/aromatic N) is 1. The van der Waals surface area contributed by atoms with E-state index in [1.807, 2.05) is 30.3 Å². The molecule has 0 saturated heterocycles. The van der Waals surface area contributed by atoms with Crippen LogP contribution in [-0.4, -0.2) is 16.0 Å². The molecule has 0 aliphatic heterocycles. The summed E-state index contributed by atoms with van der Waals surface area (Å²) in [4.78, 5) is 12.5. The second-order valence-electron chi connectivity index (χ2n) is 6.96. The van der Waals surface area contributed by atoms with E-state index < -0.39 is 11.7 Å². The van der Waals surface area contributed by atoms with Crippen molar-refractivity contribution in [2.45, 2.75) is 12.7 Å². The van der Waals surface area contributed by atoms with Gasteiger partial charge in [0.15, 0.2) is 5.78 Å². The van der Waals surface area contributed by atoms with Gasteiger partial charge in [-0.25, -0.2) is 0 Å². The summed E-state index contributed by atoms with van der Waals surface area (Å²) in [6, 6.07) is 21.1. The lowest BCUT2D eigenvalue weighted by Gasteiger charge is -2.09. The first-order chi connectivity index (χ1) is 14.9. The van der Waals surface area contributed by atoms with Crippen LogP contribution in [0, 0.1) is 0 Å². The maximum absolute atomic E-state index is 12.8. The highest BCUT2D eigenvalue weighted by atomic mass is 19.4. The molecule has 0 aliphatic rings. The van der Waals surface area contributed by atoms with Gasteiger partial charge < -0.3 is 5.32 Å². The molecule has 4 nitrogen and oxygen atoms in total. The molecule has 31 heavy (non-hydrogen) atoms. The smallest absolute Gasteiger partial charge is 0.381 e. The first kappa shape index (κ1) is 20.4. The molecule has 4 rings (SSSR count). The van der Waals surface area contributed by atoms with Crippen molar-refractivity contribution < 1.29 is 18.0 Å². The maximum Gasteiger partial charge on any atom is 0.416 e. The summed E-state index contributed by atoms with van der Waals surface area (Å²) in [5, 5.41) is 10.2. The average Bonchev–Trinajstić information content (AvgIpc) is 3.26. The number of benzene rings is 3. The van der Waals surface area contributed by atoms with Gasteiger partial charge in [-0.3, -0.25) is 9.89 Å². The van der Waals surface area contributed by atoms with Crippen LogP contribution >= 0.6 is 0 Å². The van der Waals surface area contributed by atoms with Crippen LogP contribution in [0.5, 0.6) is 0 Å². The van der Waals surface area contributed by atoms with Crippen molar-refractivity contribution >= 4 is 11.5 Å². The van der Waals surface area contributed by atoms with Crippen LogP contribution in [0.2, 0.25) is 0 Å². The molecule has 0 radical (unpaired) electrons. The molecule has 0 amide bonds. The predicted octanol–water partition coefficient (Wildman–Crippen LogP) is 5.94. The lowest BCUT2D eigenvalue weighted by molar-refractivity contribution is -0.137. The van der Waals surface area contributed by atoms with Crippen molar-refractivity contribution in [3.8, 4) is 11.3 Å². The van der Waals surface area contributed by atoms with Gasteiger partial charge in [0.05, 0.1) is 11.3 Å². The van der Waals surface area contributed by atoms with Crippen LogP contribution < -0.4 is 5.32 Å². The number of hydrogen-bond acceptors (Lipinski definition) is 3. The number of alkyl halides is 3. The Morgan fingerprint density at radius 2 is 1.52 bits per heavy atom. The number of ketones is 1. The Bertz CT molecular complexity index is 1170. The number of nitrogens with one attached hydrogen (secondary N) is 2. The summed E-state index contributed by atoms with van der Waals surface area (Å²) >= 11 is 0. The van der Waals surface area contributed by atoms with Crippen LogP contribution in [0.15, 0.2) is 85.1 Å². The number of hydrogen-bond donors (Lipinski definition) is 2. The van der Waals surface area contributed by atoms with Gasteiger partial charge in [0.25, 0.3) is 0 Å². The highest BCUT2D eigenvalue weighted by Gasteiger charge is 2.30. The number of carbonyl (C=O) groups excluding carboxylic acids is 1. The fourth-order valence-corrected chi connectivity index (χ4v) is 3.21. The van der Waals surface area contributed by atoms with Gasteiger partial charge in [0.1, 0.15) is 0 Å². The van der Waals surface area contributed by atoms with Gasteiger partial charge in [0, 0.05) is 40.7 Å². The minimum atomic E-state index is -4.37. The molecule has 0 atom stereocenters. The molecule has 0 saturated carbocycles. The van der Waals surface area contributed by atoms with Crippen molar-refractivity contribution in [3.63, 3.8) is 0 Å². The first-order valence-electron chi connectivity index (χ1n) is 9.56. The third kappa shape index (κ3) is 4.66. The van der Waals surface area contributed by atoms with Crippen molar-refractivity contribution in [2.75, 3.05) is 5.32 Å². The Kier molecular flexibility index (Phi) is 5.58. The number of aromatic amines is 1. The van der Waals surface area contributed by atoms with E-state index in [0.29, 0.717) is 28.9 Å². The van der Waals surface area contributed by atoms with Gasteiger partial charge in [-0.05, 0) is 36.4 Å². The second-order valence-corrected chi connectivity index (χ2v) is 6.96.